The lowest BCUT2D eigenvalue weighted by atomic mass is 9.63. The van der Waals surface area contributed by atoms with Gasteiger partial charge in [-0.15, -0.1) is 46.0 Å². The van der Waals surface area contributed by atoms with E-state index < -0.39 is 8.09 Å². The van der Waals surface area contributed by atoms with Crippen molar-refractivity contribution in [1.29, 1.82) is 0 Å². The number of thiol groups is 2. The van der Waals surface area contributed by atoms with Crippen LogP contribution in [0.3, 0.4) is 0 Å². The average molecular weight is 593 g/mol. The highest BCUT2D eigenvalue weighted by atomic mass is 33.5. The summed E-state index contributed by atoms with van der Waals surface area (Å²) in [6.45, 7) is 23.1. The highest BCUT2D eigenvalue weighted by molar-refractivity contribution is 9.18. The van der Waals surface area contributed by atoms with Crippen LogP contribution >= 0.6 is 65.8 Å². The van der Waals surface area contributed by atoms with Gasteiger partial charge in [-0.3, -0.25) is 0 Å². The summed E-state index contributed by atoms with van der Waals surface area (Å²) in [6, 6.07) is 9.33. The minimum Gasteiger partial charge on any atom is -0.173 e. The first-order valence-corrected chi connectivity index (χ1v) is 18.3. The molecule has 0 aliphatic carbocycles. The maximum absolute atomic E-state index is 5.19. The van der Waals surface area contributed by atoms with Crippen LogP contribution in [-0.4, -0.2) is 8.75 Å². The molecule has 1 aliphatic heterocycles. The minimum absolute atomic E-state index is 0.0241. The number of fused-ring (bicyclic) bond motifs is 4. The molecule has 0 saturated carbocycles. The molecule has 5 rings (SSSR count). The summed E-state index contributed by atoms with van der Waals surface area (Å²) in [7, 11) is -1.61. The Labute approximate surface area is 239 Å². The fourth-order valence-electron chi connectivity index (χ4n) is 4.90. The molecule has 2 nitrogen and oxygen atoms in total. The SMILES string of the molecule is CC(C)(C)c1cc2c(s1)-c1sc(C(C)(C)C(C)(C)c3ccc(C(C)(C)C)c4nsnc34)cc1S2(S)S. The van der Waals surface area contributed by atoms with E-state index in [1.54, 1.807) is 0 Å². The Bertz CT molecular complexity index is 1480. The molecule has 0 unspecified atom stereocenters. The van der Waals surface area contributed by atoms with E-state index in [1.165, 1.54) is 52.2 Å². The standard InChI is InChI=1S/C28H36N2S6/c1-25(2,3)15-11-12-16(22-21(15)29-35-30-22)27(7,8)28(9,10)20-14-18-24(34-20)23-17(36(18,31)32)13-19(33-23)26(4,5)6/h11-14,31-32H,1-10H3. The fourth-order valence-corrected chi connectivity index (χ4v) is 13.3. The molecular weight excluding hydrogens is 557 g/mol. The predicted molar refractivity (Wildman–Crippen MR) is 171 cm³/mol. The lowest BCUT2D eigenvalue weighted by Gasteiger charge is -2.42. The molecular formula is C28H36N2S6. The Morgan fingerprint density at radius 2 is 1.11 bits per heavy atom. The van der Waals surface area contributed by atoms with Gasteiger partial charge in [-0.05, 0) is 34.1 Å². The van der Waals surface area contributed by atoms with Gasteiger partial charge in [0.05, 0.1) is 21.5 Å². The van der Waals surface area contributed by atoms with E-state index in [2.05, 4.69) is 93.5 Å². The molecule has 0 saturated heterocycles. The number of hydrogen-bond donors (Lipinski definition) is 2. The summed E-state index contributed by atoms with van der Waals surface area (Å²) < 4.78 is 9.55. The molecule has 1 aliphatic rings. The summed E-state index contributed by atoms with van der Waals surface area (Å²) in [6.07, 6.45) is 0. The van der Waals surface area contributed by atoms with E-state index in [0.29, 0.717) is 0 Å². The molecule has 0 amide bonds. The van der Waals surface area contributed by atoms with Crippen molar-refractivity contribution in [3.8, 4) is 9.75 Å². The van der Waals surface area contributed by atoms with Crippen molar-refractivity contribution < 1.29 is 0 Å². The number of nitrogens with zero attached hydrogens (tertiary/aromatic N) is 2. The van der Waals surface area contributed by atoms with Crippen LogP contribution < -0.4 is 0 Å². The van der Waals surface area contributed by atoms with Gasteiger partial charge in [-0.25, -0.2) is 0 Å². The van der Waals surface area contributed by atoms with Crippen molar-refractivity contribution in [1.82, 2.24) is 8.75 Å². The zero-order valence-electron chi connectivity index (χ0n) is 22.7. The topological polar surface area (TPSA) is 25.8 Å². The smallest absolute Gasteiger partial charge is 0.108 e. The fraction of sp³-hybridized carbons (Fsp3) is 0.500. The third-order valence-electron chi connectivity index (χ3n) is 8.03. The highest BCUT2D eigenvalue weighted by Crippen LogP contribution is 2.80. The number of hydrogen-bond acceptors (Lipinski definition) is 7. The second-order valence-electron chi connectivity index (χ2n) is 13.0. The van der Waals surface area contributed by atoms with Gasteiger partial charge in [0.15, 0.2) is 0 Å². The van der Waals surface area contributed by atoms with Gasteiger partial charge in [0.1, 0.15) is 11.0 Å². The molecule has 0 fully saturated rings. The summed E-state index contributed by atoms with van der Waals surface area (Å²) in [5, 5.41) is 0. The van der Waals surface area contributed by atoms with Crippen molar-refractivity contribution in [2.75, 3.05) is 0 Å². The summed E-state index contributed by atoms with van der Waals surface area (Å²) in [5.41, 5.74) is 4.47. The zero-order chi connectivity index (χ0) is 26.6. The monoisotopic (exact) mass is 592 g/mol. The molecule has 194 valence electrons. The number of rotatable bonds is 3. The quantitative estimate of drug-likeness (QED) is 0.183. The van der Waals surface area contributed by atoms with E-state index in [9.17, 15) is 0 Å². The minimum atomic E-state index is -1.61. The van der Waals surface area contributed by atoms with Gasteiger partial charge in [0.25, 0.3) is 0 Å². The molecule has 0 spiro atoms. The number of aromatic nitrogens is 2. The Morgan fingerprint density at radius 1 is 0.639 bits per heavy atom. The van der Waals surface area contributed by atoms with E-state index in [1.807, 2.05) is 22.7 Å². The third kappa shape index (κ3) is 3.88. The Balaban J connectivity index is 1.63. The van der Waals surface area contributed by atoms with Crippen LogP contribution in [0.2, 0.25) is 0 Å². The molecule has 1 aromatic carbocycles. The van der Waals surface area contributed by atoms with E-state index in [-0.39, 0.29) is 21.7 Å². The first-order valence-electron chi connectivity index (χ1n) is 12.2. The molecule has 4 heterocycles. The summed E-state index contributed by atoms with van der Waals surface area (Å²) in [5.74, 6) is 0. The summed E-state index contributed by atoms with van der Waals surface area (Å²) >= 11 is 15.6. The van der Waals surface area contributed by atoms with Gasteiger partial charge in [-0.2, -0.15) is 8.75 Å². The van der Waals surface area contributed by atoms with Gasteiger partial charge in [0.2, 0.25) is 0 Å². The van der Waals surface area contributed by atoms with E-state index in [0.717, 1.165) is 11.0 Å². The molecule has 3 aromatic heterocycles. The number of thiophene rings is 2. The number of benzene rings is 1. The largest absolute Gasteiger partial charge is 0.173 e. The molecule has 0 bridgehead atoms. The van der Waals surface area contributed by atoms with Crippen LogP contribution in [0.15, 0.2) is 34.1 Å². The normalized spacial score (nSPS) is 16.9. The van der Waals surface area contributed by atoms with Gasteiger partial charge in [-0.1, -0.05) is 89.5 Å². The lowest BCUT2D eigenvalue weighted by Crippen LogP contribution is -2.40. The zero-order valence-corrected chi connectivity index (χ0v) is 27.8. The first kappa shape index (κ1) is 27.1. The van der Waals surface area contributed by atoms with Crippen LogP contribution in [0.4, 0.5) is 0 Å². The lowest BCUT2D eigenvalue weighted by molar-refractivity contribution is 0.310. The van der Waals surface area contributed by atoms with Crippen molar-refractivity contribution in [2.24, 2.45) is 0 Å². The van der Waals surface area contributed by atoms with Crippen molar-refractivity contribution in [2.45, 2.75) is 101 Å². The van der Waals surface area contributed by atoms with Crippen molar-refractivity contribution in [3.05, 3.63) is 45.1 Å². The van der Waals surface area contributed by atoms with Crippen LogP contribution in [0.1, 0.15) is 90.1 Å². The molecule has 4 aromatic rings. The molecule has 0 radical (unpaired) electrons. The third-order valence-corrected chi connectivity index (χ3v) is 16.2. The maximum atomic E-state index is 5.19. The molecule has 8 heteroatoms. The molecule has 0 N–H and O–H groups in total. The van der Waals surface area contributed by atoms with E-state index in [4.69, 9.17) is 32.1 Å². The summed E-state index contributed by atoms with van der Waals surface area (Å²) in [4.78, 5) is 8.16. The average Bonchev–Trinajstić information content (AvgIpc) is 3.50. The molecule has 0 atom stereocenters. The molecule has 36 heavy (non-hydrogen) atoms. The maximum Gasteiger partial charge on any atom is 0.108 e. The van der Waals surface area contributed by atoms with Crippen LogP contribution in [0, 0.1) is 0 Å². The van der Waals surface area contributed by atoms with Crippen LogP contribution in [0.5, 0.6) is 0 Å². The highest BCUT2D eigenvalue weighted by Gasteiger charge is 2.46. The van der Waals surface area contributed by atoms with Gasteiger partial charge in [0, 0.05) is 30.4 Å². The Morgan fingerprint density at radius 3 is 1.64 bits per heavy atom. The second kappa shape index (κ2) is 8.25. The van der Waals surface area contributed by atoms with Crippen molar-refractivity contribution in [3.63, 3.8) is 0 Å². The van der Waals surface area contributed by atoms with Crippen molar-refractivity contribution >= 4 is 76.8 Å². The van der Waals surface area contributed by atoms with Gasteiger partial charge >= 0.3 is 0 Å². The second-order valence-corrected chi connectivity index (χ2v) is 21.8. The Hall–Kier alpha value is -0.510. The van der Waals surface area contributed by atoms with Crippen LogP contribution in [-0.2, 0) is 21.7 Å². The van der Waals surface area contributed by atoms with E-state index >= 15 is 0 Å². The van der Waals surface area contributed by atoms with Crippen LogP contribution in [0.25, 0.3) is 20.8 Å². The van der Waals surface area contributed by atoms with Gasteiger partial charge < -0.3 is 0 Å². The first-order chi connectivity index (χ1) is 16.4. The Kier molecular flexibility index (Phi) is 6.20. The predicted octanol–water partition coefficient (Wildman–Crippen LogP) is 10.6.